The number of unbranched alkanes of at least 4 members (excludes halogenated alkanes) is 4. The molecule has 0 heterocycles. The topological polar surface area (TPSA) is 72.2 Å². The smallest absolute Gasteiger partial charge is 0.238 e. The van der Waals surface area contributed by atoms with Gasteiger partial charge in [-0.2, -0.15) is 0 Å². The Morgan fingerprint density at radius 1 is 1.20 bits per heavy atom. The number of nitrogens with two attached hydrogens (primary N) is 1. The van der Waals surface area contributed by atoms with Crippen LogP contribution >= 0.6 is 0 Å². The van der Waals surface area contributed by atoms with Crippen LogP contribution in [0.15, 0.2) is 29.2 Å². The van der Waals surface area contributed by atoms with Crippen LogP contribution in [0.1, 0.15) is 52.4 Å². The van der Waals surface area contributed by atoms with E-state index < -0.39 is 10.0 Å². The maximum absolute atomic E-state index is 11.3. The third-order valence-corrected chi connectivity index (χ3v) is 4.23. The minimum absolute atomic E-state index is 0.151. The Morgan fingerprint density at radius 2 is 1.90 bits per heavy atom. The molecule has 0 aliphatic heterocycles. The molecule has 0 bridgehead atoms. The predicted molar refractivity (Wildman–Crippen MR) is 84.3 cm³/mol. The summed E-state index contributed by atoms with van der Waals surface area (Å²) in [6.07, 6.45) is 7.40. The third-order valence-electron chi connectivity index (χ3n) is 3.32. The van der Waals surface area contributed by atoms with Gasteiger partial charge in [-0.1, -0.05) is 45.1 Å². The second kappa shape index (κ2) is 8.27. The number of rotatable bonds is 9. The number of hydrogen-bond donors (Lipinski definition) is 2. The molecule has 0 saturated carbocycles. The van der Waals surface area contributed by atoms with Crippen molar-refractivity contribution in [2.75, 3.05) is 5.32 Å². The SMILES string of the molecule is CCCCCCCC(C)Nc1cccc(S(N)(=O)=O)c1. The van der Waals surface area contributed by atoms with Crippen LogP contribution in [0, 0.1) is 0 Å². The van der Waals surface area contributed by atoms with E-state index in [9.17, 15) is 8.42 Å². The maximum Gasteiger partial charge on any atom is 0.238 e. The van der Waals surface area contributed by atoms with Crippen LogP contribution in [0.2, 0.25) is 0 Å². The summed E-state index contributed by atoms with van der Waals surface area (Å²) >= 11 is 0. The molecule has 0 aromatic heterocycles. The van der Waals surface area contributed by atoms with Crippen molar-refractivity contribution in [3.05, 3.63) is 24.3 Å². The number of primary sulfonamides is 1. The minimum Gasteiger partial charge on any atom is -0.383 e. The van der Waals surface area contributed by atoms with Gasteiger partial charge in [0, 0.05) is 11.7 Å². The lowest BCUT2D eigenvalue weighted by atomic mass is 10.1. The van der Waals surface area contributed by atoms with Crippen molar-refractivity contribution >= 4 is 15.7 Å². The maximum atomic E-state index is 11.3. The van der Waals surface area contributed by atoms with Gasteiger partial charge < -0.3 is 5.32 Å². The van der Waals surface area contributed by atoms with Gasteiger partial charge in [-0.25, -0.2) is 13.6 Å². The summed E-state index contributed by atoms with van der Waals surface area (Å²) in [6, 6.07) is 6.99. The van der Waals surface area contributed by atoms with Gasteiger partial charge in [-0.15, -0.1) is 0 Å². The molecular weight excluding hydrogens is 272 g/mol. The lowest BCUT2D eigenvalue weighted by Gasteiger charge is -2.15. The van der Waals surface area contributed by atoms with Crippen LogP contribution in [0.25, 0.3) is 0 Å². The summed E-state index contributed by atoms with van der Waals surface area (Å²) in [6.45, 7) is 4.33. The number of sulfonamides is 1. The van der Waals surface area contributed by atoms with Gasteiger partial charge in [-0.3, -0.25) is 0 Å². The van der Waals surface area contributed by atoms with Crippen molar-refractivity contribution in [1.29, 1.82) is 0 Å². The average Bonchev–Trinajstić information content (AvgIpc) is 2.38. The molecule has 0 spiro atoms. The molecule has 114 valence electrons. The van der Waals surface area contributed by atoms with E-state index >= 15 is 0 Å². The zero-order valence-electron chi connectivity index (χ0n) is 12.4. The molecule has 0 amide bonds. The molecule has 1 rings (SSSR count). The number of anilines is 1. The molecule has 1 aromatic carbocycles. The lowest BCUT2D eigenvalue weighted by Crippen LogP contribution is -2.16. The molecule has 1 atom stereocenters. The Labute approximate surface area is 122 Å². The highest BCUT2D eigenvalue weighted by Gasteiger charge is 2.09. The number of hydrogen-bond acceptors (Lipinski definition) is 3. The largest absolute Gasteiger partial charge is 0.383 e. The number of nitrogens with one attached hydrogen (secondary N) is 1. The molecular formula is C15H26N2O2S. The van der Waals surface area contributed by atoms with E-state index in [0.717, 1.165) is 12.1 Å². The molecule has 5 heteroatoms. The third kappa shape index (κ3) is 6.39. The molecule has 4 nitrogen and oxygen atoms in total. The first-order valence-corrected chi connectivity index (χ1v) is 8.87. The van der Waals surface area contributed by atoms with Crippen LogP contribution in [0.4, 0.5) is 5.69 Å². The second-order valence-corrected chi connectivity index (χ2v) is 6.88. The summed E-state index contributed by atoms with van der Waals surface area (Å²) in [5.41, 5.74) is 0.803. The van der Waals surface area contributed by atoms with Crippen LogP contribution in [-0.2, 0) is 10.0 Å². The van der Waals surface area contributed by atoms with Crippen LogP contribution in [0.3, 0.4) is 0 Å². The summed E-state index contributed by atoms with van der Waals surface area (Å²) in [5.74, 6) is 0. The fourth-order valence-electron chi connectivity index (χ4n) is 2.17. The van der Waals surface area contributed by atoms with E-state index in [4.69, 9.17) is 5.14 Å². The fourth-order valence-corrected chi connectivity index (χ4v) is 2.73. The minimum atomic E-state index is -3.63. The van der Waals surface area contributed by atoms with E-state index in [1.54, 1.807) is 12.1 Å². The van der Waals surface area contributed by atoms with E-state index in [1.165, 1.54) is 38.2 Å². The van der Waals surface area contributed by atoms with Crippen molar-refractivity contribution in [2.45, 2.75) is 63.3 Å². The second-order valence-electron chi connectivity index (χ2n) is 5.32. The Balaban J connectivity index is 2.44. The lowest BCUT2D eigenvalue weighted by molar-refractivity contribution is 0.578. The zero-order chi connectivity index (χ0) is 15.0. The van der Waals surface area contributed by atoms with Gasteiger partial charge in [0.15, 0.2) is 0 Å². The standard InChI is InChI=1S/C15H26N2O2S/c1-3-4-5-6-7-9-13(2)17-14-10-8-11-15(12-14)20(16,18)19/h8,10-13,17H,3-7,9H2,1-2H3,(H2,16,18,19). The van der Waals surface area contributed by atoms with Crippen molar-refractivity contribution in [2.24, 2.45) is 5.14 Å². The Kier molecular flexibility index (Phi) is 7.02. The van der Waals surface area contributed by atoms with E-state index in [2.05, 4.69) is 19.2 Å². The van der Waals surface area contributed by atoms with Crippen LogP contribution in [-0.4, -0.2) is 14.5 Å². The highest BCUT2D eigenvalue weighted by Crippen LogP contribution is 2.16. The Hall–Kier alpha value is -1.07. The van der Waals surface area contributed by atoms with Crippen LogP contribution < -0.4 is 10.5 Å². The Bertz CT molecular complexity index is 500. The fraction of sp³-hybridized carbons (Fsp3) is 0.600. The van der Waals surface area contributed by atoms with Crippen molar-refractivity contribution in [1.82, 2.24) is 0 Å². The molecule has 1 unspecified atom stereocenters. The quantitative estimate of drug-likeness (QED) is 0.685. The van der Waals surface area contributed by atoms with E-state index in [-0.39, 0.29) is 4.90 Å². The zero-order valence-corrected chi connectivity index (χ0v) is 13.2. The molecule has 0 aliphatic carbocycles. The molecule has 0 radical (unpaired) electrons. The summed E-state index contributed by atoms with van der Waals surface area (Å²) in [7, 11) is -3.63. The Morgan fingerprint density at radius 3 is 2.55 bits per heavy atom. The van der Waals surface area contributed by atoms with Crippen molar-refractivity contribution < 1.29 is 8.42 Å². The summed E-state index contributed by atoms with van der Waals surface area (Å²) in [4.78, 5) is 0.151. The first kappa shape index (κ1) is 17.0. The van der Waals surface area contributed by atoms with E-state index in [0.29, 0.717) is 6.04 Å². The van der Waals surface area contributed by atoms with Gasteiger partial charge in [0.25, 0.3) is 0 Å². The van der Waals surface area contributed by atoms with E-state index in [1.807, 2.05) is 6.07 Å². The molecule has 3 N–H and O–H groups in total. The van der Waals surface area contributed by atoms with Gasteiger partial charge in [0.2, 0.25) is 10.0 Å². The van der Waals surface area contributed by atoms with Crippen molar-refractivity contribution in [3.8, 4) is 0 Å². The summed E-state index contributed by atoms with van der Waals surface area (Å²) in [5, 5.41) is 8.45. The van der Waals surface area contributed by atoms with Gasteiger partial charge in [0.1, 0.15) is 0 Å². The van der Waals surface area contributed by atoms with Gasteiger partial charge in [0.05, 0.1) is 4.90 Å². The molecule has 0 saturated heterocycles. The monoisotopic (exact) mass is 298 g/mol. The highest BCUT2D eigenvalue weighted by atomic mass is 32.2. The number of benzene rings is 1. The average molecular weight is 298 g/mol. The first-order valence-electron chi connectivity index (χ1n) is 7.33. The normalized spacial score (nSPS) is 13.2. The molecule has 0 aliphatic rings. The summed E-state index contributed by atoms with van der Waals surface area (Å²) < 4.78 is 22.6. The highest BCUT2D eigenvalue weighted by molar-refractivity contribution is 7.89. The van der Waals surface area contributed by atoms with Gasteiger partial charge in [-0.05, 0) is 31.5 Å². The van der Waals surface area contributed by atoms with Crippen molar-refractivity contribution in [3.63, 3.8) is 0 Å². The van der Waals surface area contributed by atoms with Crippen LogP contribution in [0.5, 0.6) is 0 Å². The first-order chi connectivity index (χ1) is 9.43. The molecule has 20 heavy (non-hydrogen) atoms. The molecule has 0 fully saturated rings. The van der Waals surface area contributed by atoms with Gasteiger partial charge >= 0.3 is 0 Å². The molecule has 1 aromatic rings. The predicted octanol–water partition coefficient (Wildman–Crippen LogP) is 3.49.